The molecule has 0 aliphatic carbocycles. The second-order valence-electron chi connectivity index (χ2n) is 7.39. The van der Waals surface area contributed by atoms with Gasteiger partial charge < -0.3 is 5.32 Å². The van der Waals surface area contributed by atoms with E-state index in [1.807, 2.05) is 24.3 Å². The summed E-state index contributed by atoms with van der Waals surface area (Å²) in [5.41, 5.74) is 3.57. The molecule has 0 unspecified atom stereocenters. The maximum absolute atomic E-state index is 12.4. The Kier molecular flexibility index (Phi) is 5.50. The van der Waals surface area contributed by atoms with E-state index < -0.39 is 0 Å². The Balaban J connectivity index is 1.32. The summed E-state index contributed by atoms with van der Waals surface area (Å²) in [5, 5.41) is 5.39. The molecule has 138 valence electrons. The Bertz CT molecular complexity index is 906. The van der Waals surface area contributed by atoms with Gasteiger partial charge in [0.1, 0.15) is 0 Å². The molecule has 0 atom stereocenters. The lowest BCUT2D eigenvalue weighted by molar-refractivity contribution is -0.120. The highest BCUT2D eigenvalue weighted by molar-refractivity contribution is 5.90. The normalized spacial score (nSPS) is 14.5. The van der Waals surface area contributed by atoms with Crippen molar-refractivity contribution in [2.75, 3.05) is 13.1 Å². The first-order valence-electron chi connectivity index (χ1n) is 9.81. The molecule has 1 aliphatic heterocycles. The van der Waals surface area contributed by atoms with E-state index in [4.69, 9.17) is 0 Å². The first-order valence-corrected chi connectivity index (χ1v) is 9.81. The SMILES string of the molecule is O=C(Cc1cccc2ccccc12)NCc1ccc(CN2CCCC2)cc1. The number of hydrogen-bond acceptors (Lipinski definition) is 2. The summed E-state index contributed by atoms with van der Waals surface area (Å²) < 4.78 is 0. The first kappa shape index (κ1) is 17.7. The molecule has 4 rings (SSSR count). The van der Waals surface area contributed by atoms with Crippen LogP contribution in [0, 0.1) is 0 Å². The topological polar surface area (TPSA) is 32.3 Å². The van der Waals surface area contributed by atoms with Crippen molar-refractivity contribution < 1.29 is 4.79 Å². The Hall–Kier alpha value is -2.65. The molecule has 0 saturated carbocycles. The summed E-state index contributed by atoms with van der Waals surface area (Å²) in [4.78, 5) is 14.9. The minimum absolute atomic E-state index is 0.0625. The number of benzene rings is 3. The molecule has 3 heteroatoms. The Morgan fingerprint density at radius 2 is 1.56 bits per heavy atom. The molecule has 1 fully saturated rings. The fourth-order valence-electron chi connectivity index (χ4n) is 3.84. The third-order valence-electron chi connectivity index (χ3n) is 5.35. The molecule has 0 bridgehead atoms. The van der Waals surface area contributed by atoms with Crippen molar-refractivity contribution in [1.29, 1.82) is 0 Å². The van der Waals surface area contributed by atoms with Gasteiger partial charge in [-0.1, -0.05) is 66.7 Å². The zero-order chi connectivity index (χ0) is 18.5. The van der Waals surface area contributed by atoms with Gasteiger partial charge in [0.15, 0.2) is 0 Å². The summed E-state index contributed by atoms with van der Waals surface area (Å²) in [6, 6.07) is 23.0. The number of amides is 1. The Morgan fingerprint density at radius 3 is 2.37 bits per heavy atom. The van der Waals surface area contributed by atoms with Crippen molar-refractivity contribution in [2.24, 2.45) is 0 Å². The van der Waals surface area contributed by atoms with Crippen LogP contribution in [-0.2, 0) is 24.3 Å². The van der Waals surface area contributed by atoms with E-state index in [9.17, 15) is 4.79 Å². The number of fused-ring (bicyclic) bond motifs is 1. The quantitative estimate of drug-likeness (QED) is 0.713. The van der Waals surface area contributed by atoms with Crippen LogP contribution in [0.1, 0.15) is 29.5 Å². The molecule has 3 aromatic rings. The van der Waals surface area contributed by atoms with E-state index in [1.54, 1.807) is 0 Å². The molecule has 1 amide bonds. The number of carbonyl (C=O) groups excluding carboxylic acids is 1. The molecule has 1 N–H and O–H groups in total. The second kappa shape index (κ2) is 8.36. The molecule has 27 heavy (non-hydrogen) atoms. The molecule has 3 nitrogen and oxygen atoms in total. The fourth-order valence-corrected chi connectivity index (χ4v) is 3.84. The smallest absolute Gasteiger partial charge is 0.224 e. The van der Waals surface area contributed by atoms with Crippen LogP contribution in [0.2, 0.25) is 0 Å². The average molecular weight is 358 g/mol. The van der Waals surface area contributed by atoms with E-state index in [1.165, 1.54) is 36.9 Å². The van der Waals surface area contributed by atoms with Gasteiger partial charge in [0.05, 0.1) is 6.42 Å². The van der Waals surface area contributed by atoms with Gasteiger partial charge in [-0.3, -0.25) is 9.69 Å². The van der Waals surface area contributed by atoms with E-state index in [2.05, 4.69) is 52.7 Å². The summed E-state index contributed by atoms with van der Waals surface area (Å²) in [7, 11) is 0. The van der Waals surface area contributed by atoms with E-state index in [0.717, 1.165) is 23.1 Å². The summed E-state index contributed by atoms with van der Waals surface area (Å²) in [5.74, 6) is 0.0625. The average Bonchev–Trinajstić information content (AvgIpc) is 3.21. The number of likely N-dealkylation sites (tertiary alicyclic amines) is 1. The predicted octanol–water partition coefficient (Wildman–Crippen LogP) is 4.29. The summed E-state index contributed by atoms with van der Waals surface area (Å²) in [6.45, 7) is 4.04. The van der Waals surface area contributed by atoms with Crippen molar-refractivity contribution in [3.63, 3.8) is 0 Å². The zero-order valence-electron chi connectivity index (χ0n) is 15.7. The Morgan fingerprint density at radius 1 is 0.852 bits per heavy atom. The van der Waals surface area contributed by atoms with E-state index in [-0.39, 0.29) is 5.91 Å². The van der Waals surface area contributed by atoms with Crippen LogP contribution in [0.15, 0.2) is 66.7 Å². The van der Waals surface area contributed by atoms with Crippen LogP contribution in [0.25, 0.3) is 10.8 Å². The van der Waals surface area contributed by atoms with Gasteiger partial charge in [0.2, 0.25) is 5.91 Å². The van der Waals surface area contributed by atoms with Crippen LogP contribution in [0.4, 0.5) is 0 Å². The lowest BCUT2D eigenvalue weighted by atomic mass is 10.0. The van der Waals surface area contributed by atoms with Crippen molar-refractivity contribution in [2.45, 2.75) is 32.4 Å². The third kappa shape index (κ3) is 4.55. The predicted molar refractivity (Wildman–Crippen MR) is 110 cm³/mol. The van der Waals surface area contributed by atoms with Crippen LogP contribution in [-0.4, -0.2) is 23.9 Å². The van der Waals surface area contributed by atoms with Crippen LogP contribution in [0.3, 0.4) is 0 Å². The maximum atomic E-state index is 12.4. The lowest BCUT2D eigenvalue weighted by Gasteiger charge is -2.14. The molecule has 0 aromatic heterocycles. The van der Waals surface area contributed by atoms with E-state index in [0.29, 0.717) is 13.0 Å². The number of nitrogens with one attached hydrogen (secondary N) is 1. The summed E-state index contributed by atoms with van der Waals surface area (Å²) in [6.07, 6.45) is 3.05. The molecule has 3 aromatic carbocycles. The zero-order valence-corrected chi connectivity index (χ0v) is 15.7. The maximum Gasteiger partial charge on any atom is 0.224 e. The highest BCUT2D eigenvalue weighted by Crippen LogP contribution is 2.19. The molecular weight excluding hydrogens is 332 g/mol. The standard InChI is InChI=1S/C24H26N2O/c27-24(16-22-8-5-7-21-6-1-2-9-23(21)22)25-17-19-10-12-20(13-11-19)18-26-14-3-4-15-26/h1-2,5-13H,3-4,14-18H2,(H,25,27). The number of nitrogens with zero attached hydrogens (tertiary/aromatic N) is 1. The minimum Gasteiger partial charge on any atom is -0.352 e. The highest BCUT2D eigenvalue weighted by atomic mass is 16.1. The van der Waals surface area contributed by atoms with Gasteiger partial charge in [-0.2, -0.15) is 0 Å². The van der Waals surface area contributed by atoms with Crippen molar-refractivity contribution in [3.8, 4) is 0 Å². The van der Waals surface area contributed by atoms with Crippen molar-refractivity contribution in [1.82, 2.24) is 10.2 Å². The van der Waals surface area contributed by atoms with Crippen molar-refractivity contribution >= 4 is 16.7 Å². The van der Waals surface area contributed by atoms with E-state index >= 15 is 0 Å². The number of rotatable bonds is 6. The van der Waals surface area contributed by atoms with Crippen LogP contribution in [0.5, 0.6) is 0 Å². The first-order chi connectivity index (χ1) is 13.3. The van der Waals surface area contributed by atoms with Gasteiger partial charge in [-0.15, -0.1) is 0 Å². The second-order valence-corrected chi connectivity index (χ2v) is 7.39. The molecular formula is C24H26N2O. The monoisotopic (exact) mass is 358 g/mol. The summed E-state index contributed by atoms with van der Waals surface area (Å²) >= 11 is 0. The van der Waals surface area contributed by atoms with Crippen LogP contribution < -0.4 is 5.32 Å². The highest BCUT2D eigenvalue weighted by Gasteiger charge is 2.11. The molecule has 0 spiro atoms. The van der Waals surface area contributed by atoms with Gasteiger partial charge in [0.25, 0.3) is 0 Å². The lowest BCUT2D eigenvalue weighted by Crippen LogP contribution is -2.24. The molecule has 1 aliphatic rings. The molecule has 0 radical (unpaired) electrons. The van der Waals surface area contributed by atoms with Gasteiger partial charge in [0, 0.05) is 13.1 Å². The Labute approximate surface area is 161 Å². The minimum atomic E-state index is 0.0625. The number of hydrogen-bond donors (Lipinski definition) is 1. The molecule has 1 heterocycles. The largest absolute Gasteiger partial charge is 0.352 e. The van der Waals surface area contributed by atoms with Gasteiger partial charge >= 0.3 is 0 Å². The van der Waals surface area contributed by atoms with Gasteiger partial charge in [-0.05, 0) is 53.4 Å². The number of carbonyl (C=O) groups is 1. The van der Waals surface area contributed by atoms with Crippen molar-refractivity contribution in [3.05, 3.63) is 83.4 Å². The van der Waals surface area contributed by atoms with Crippen LogP contribution >= 0.6 is 0 Å². The van der Waals surface area contributed by atoms with Gasteiger partial charge in [-0.25, -0.2) is 0 Å². The fraction of sp³-hybridized carbons (Fsp3) is 0.292. The third-order valence-corrected chi connectivity index (χ3v) is 5.35. The molecule has 1 saturated heterocycles.